The van der Waals surface area contributed by atoms with Gasteiger partial charge in [-0.15, -0.1) is 0 Å². The molecule has 0 spiro atoms. The lowest BCUT2D eigenvalue weighted by Gasteiger charge is -2.42. The molecule has 2 bridgehead atoms. The standard InChI is InChI=1S/C22H26N2O2/c1-14(2)19-6-4-5-7-20(19)17-9-21-18-8-16(11-23(13-18)15(3)25)12-24(21)22(26)10-17/h4-7,9-10,14,16,18H,8,11-13H2,1-3H3/t16-,18+/m0/s1. The van der Waals surface area contributed by atoms with Crippen molar-refractivity contribution in [3.8, 4) is 11.1 Å². The van der Waals surface area contributed by atoms with Gasteiger partial charge in [0.25, 0.3) is 5.56 Å². The number of pyridine rings is 1. The first-order valence-corrected chi connectivity index (χ1v) is 9.53. The third-order valence-electron chi connectivity index (χ3n) is 5.90. The number of amides is 1. The molecule has 2 aromatic rings. The summed E-state index contributed by atoms with van der Waals surface area (Å²) < 4.78 is 1.94. The van der Waals surface area contributed by atoms with E-state index in [2.05, 4.69) is 38.1 Å². The Kier molecular flexibility index (Phi) is 4.22. The minimum Gasteiger partial charge on any atom is -0.342 e. The molecule has 0 aliphatic carbocycles. The van der Waals surface area contributed by atoms with Crippen LogP contribution in [0.5, 0.6) is 0 Å². The van der Waals surface area contributed by atoms with Crippen LogP contribution >= 0.6 is 0 Å². The first kappa shape index (κ1) is 17.1. The Morgan fingerprint density at radius 2 is 1.88 bits per heavy atom. The summed E-state index contributed by atoms with van der Waals surface area (Å²) in [6.45, 7) is 8.22. The van der Waals surface area contributed by atoms with Gasteiger partial charge in [-0.05, 0) is 41.0 Å². The molecule has 2 aliphatic heterocycles. The average Bonchev–Trinajstić information content (AvgIpc) is 2.62. The summed E-state index contributed by atoms with van der Waals surface area (Å²) in [5, 5.41) is 0. The van der Waals surface area contributed by atoms with Gasteiger partial charge in [0.1, 0.15) is 0 Å². The number of hydrogen-bond donors (Lipinski definition) is 0. The second-order valence-corrected chi connectivity index (χ2v) is 8.08. The summed E-state index contributed by atoms with van der Waals surface area (Å²) in [6.07, 6.45) is 1.07. The van der Waals surface area contributed by atoms with Gasteiger partial charge in [-0.3, -0.25) is 9.59 Å². The van der Waals surface area contributed by atoms with Crippen molar-refractivity contribution in [3.05, 3.63) is 58.0 Å². The Balaban J connectivity index is 1.81. The van der Waals surface area contributed by atoms with Crippen molar-refractivity contribution in [1.29, 1.82) is 0 Å². The van der Waals surface area contributed by atoms with Crippen molar-refractivity contribution in [1.82, 2.24) is 9.47 Å². The lowest BCUT2D eigenvalue weighted by molar-refractivity contribution is -0.131. The van der Waals surface area contributed by atoms with Crippen LogP contribution in [0.25, 0.3) is 11.1 Å². The third kappa shape index (κ3) is 2.87. The molecule has 1 saturated heterocycles. The van der Waals surface area contributed by atoms with E-state index in [0.717, 1.165) is 42.9 Å². The van der Waals surface area contributed by atoms with E-state index < -0.39 is 0 Å². The van der Waals surface area contributed by atoms with Crippen molar-refractivity contribution >= 4 is 5.91 Å². The van der Waals surface area contributed by atoms with Crippen LogP contribution in [0.3, 0.4) is 0 Å². The Bertz CT molecular complexity index is 913. The predicted octanol–water partition coefficient (Wildman–Crippen LogP) is 3.60. The predicted molar refractivity (Wildman–Crippen MR) is 103 cm³/mol. The van der Waals surface area contributed by atoms with Gasteiger partial charge >= 0.3 is 0 Å². The number of likely N-dealkylation sites (tertiary alicyclic amines) is 1. The molecule has 1 aromatic carbocycles. The van der Waals surface area contributed by atoms with E-state index in [0.29, 0.717) is 11.8 Å². The zero-order valence-corrected chi connectivity index (χ0v) is 15.7. The largest absolute Gasteiger partial charge is 0.342 e. The molecule has 2 atom stereocenters. The molecular formula is C22H26N2O2. The Hall–Kier alpha value is -2.36. The molecule has 2 aliphatic rings. The van der Waals surface area contributed by atoms with Crippen LogP contribution in [-0.4, -0.2) is 28.5 Å². The molecule has 1 fully saturated rings. The van der Waals surface area contributed by atoms with Crippen LogP contribution in [0.15, 0.2) is 41.2 Å². The maximum absolute atomic E-state index is 12.9. The van der Waals surface area contributed by atoms with Gasteiger partial charge in [-0.1, -0.05) is 38.1 Å². The van der Waals surface area contributed by atoms with E-state index >= 15 is 0 Å². The number of hydrogen-bond acceptors (Lipinski definition) is 2. The normalized spacial score (nSPS) is 21.6. The second kappa shape index (κ2) is 6.42. The van der Waals surface area contributed by atoms with Crippen LogP contribution in [-0.2, 0) is 11.3 Å². The van der Waals surface area contributed by atoms with Gasteiger partial charge in [0.05, 0.1) is 0 Å². The number of rotatable bonds is 2. The highest BCUT2D eigenvalue weighted by Gasteiger charge is 2.35. The fourth-order valence-electron chi connectivity index (χ4n) is 4.64. The van der Waals surface area contributed by atoms with Crippen LogP contribution < -0.4 is 5.56 Å². The summed E-state index contributed by atoms with van der Waals surface area (Å²) in [7, 11) is 0. The zero-order valence-electron chi connectivity index (χ0n) is 15.7. The van der Waals surface area contributed by atoms with Gasteiger partial charge in [0.15, 0.2) is 0 Å². The monoisotopic (exact) mass is 350 g/mol. The molecule has 1 amide bonds. The summed E-state index contributed by atoms with van der Waals surface area (Å²) in [4.78, 5) is 26.7. The number of benzene rings is 1. The van der Waals surface area contributed by atoms with E-state index in [1.165, 1.54) is 5.56 Å². The number of piperidine rings is 1. The van der Waals surface area contributed by atoms with Crippen molar-refractivity contribution in [2.24, 2.45) is 5.92 Å². The summed E-state index contributed by atoms with van der Waals surface area (Å²) in [6, 6.07) is 12.3. The van der Waals surface area contributed by atoms with Gasteiger partial charge in [-0.2, -0.15) is 0 Å². The molecule has 0 saturated carbocycles. The number of fused-ring (bicyclic) bond motifs is 4. The van der Waals surface area contributed by atoms with E-state index in [1.807, 2.05) is 15.5 Å². The smallest absolute Gasteiger partial charge is 0.251 e. The van der Waals surface area contributed by atoms with Crippen molar-refractivity contribution < 1.29 is 4.79 Å². The van der Waals surface area contributed by atoms with Gasteiger partial charge in [0, 0.05) is 44.2 Å². The van der Waals surface area contributed by atoms with Crippen molar-refractivity contribution in [2.45, 2.75) is 45.6 Å². The first-order chi connectivity index (χ1) is 12.4. The van der Waals surface area contributed by atoms with Crippen molar-refractivity contribution in [3.63, 3.8) is 0 Å². The molecule has 0 unspecified atom stereocenters. The topological polar surface area (TPSA) is 42.3 Å². The SMILES string of the molecule is CC(=O)N1C[C@@H]2C[C@H](C1)c1cc(-c3ccccc3C(C)C)cc(=O)n1C2. The zero-order chi connectivity index (χ0) is 18.4. The van der Waals surface area contributed by atoms with Crippen LogP contribution in [0.2, 0.25) is 0 Å². The fraction of sp³-hybridized carbons (Fsp3) is 0.455. The maximum atomic E-state index is 12.9. The minimum atomic E-state index is 0.0852. The Morgan fingerprint density at radius 3 is 2.62 bits per heavy atom. The summed E-state index contributed by atoms with van der Waals surface area (Å²) >= 11 is 0. The number of aromatic nitrogens is 1. The molecule has 0 N–H and O–H groups in total. The Labute approximate surface area is 154 Å². The Morgan fingerprint density at radius 1 is 1.12 bits per heavy atom. The minimum absolute atomic E-state index is 0.0852. The molecule has 1 aromatic heterocycles. The first-order valence-electron chi connectivity index (χ1n) is 9.53. The number of nitrogens with zero attached hydrogens (tertiary/aromatic N) is 2. The number of carbonyl (C=O) groups excluding carboxylic acids is 1. The molecule has 4 heteroatoms. The molecule has 0 radical (unpaired) electrons. The average molecular weight is 350 g/mol. The molecule has 26 heavy (non-hydrogen) atoms. The van der Waals surface area contributed by atoms with Crippen LogP contribution in [0.4, 0.5) is 0 Å². The highest BCUT2D eigenvalue weighted by molar-refractivity contribution is 5.73. The molecule has 4 nitrogen and oxygen atoms in total. The third-order valence-corrected chi connectivity index (χ3v) is 5.90. The maximum Gasteiger partial charge on any atom is 0.251 e. The van der Waals surface area contributed by atoms with Gasteiger partial charge in [0.2, 0.25) is 5.91 Å². The van der Waals surface area contributed by atoms with E-state index in [4.69, 9.17) is 0 Å². The highest BCUT2D eigenvalue weighted by atomic mass is 16.2. The summed E-state index contributed by atoms with van der Waals surface area (Å²) in [5.41, 5.74) is 4.59. The lowest BCUT2D eigenvalue weighted by atomic mass is 9.82. The van der Waals surface area contributed by atoms with E-state index in [-0.39, 0.29) is 17.4 Å². The molecule has 4 rings (SSSR count). The van der Waals surface area contributed by atoms with E-state index in [9.17, 15) is 9.59 Å². The van der Waals surface area contributed by atoms with Gasteiger partial charge < -0.3 is 9.47 Å². The highest BCUT2D eigenvalue weighted by Crippen LogP contribution is 2.37. The second-order valence-electron chi connectivity index (χ2n) is 8.08. The fourth-order valence-corrected chi connectivity index (χ4v) is 4.64. The molecule has 3 heterocycles. The van der Waals surface area contributed by atoms with Crippen LogP contribution in [0, 0.1) is 5.92 Å². The number of carbonyl (C=O) groups is 1. The molecule has 136 valence electrons. The quantitative estimate of drug-likeness (QED) is 0.830. The molecular weight excluding hydrogens is 324 g/mol. The van der Waals surface area contributed by atoms with Crippen molar-refractivity contribution in [2.75, 3.05) is 13.1 Å². The van der Waals surface area contributed by atoms with Crippen LogP contribution in [0.1, 0.15) is 50.3 Å². The summed E-state index contributed by atoms with van der Waals surface area (Å²) in [5.74, 6) is 1.18. The van der Waals surface area contributed by atoms with Gasteiger partial charge in [-0.25, -0.2) is 0 Å². The lowest BCUT2D eigenvalue weighted by Crippen LogP contribution is -2.48. The van der Waals surface area contributed by atoms with E-state index in [1.54, 1.807) is 13.0 Å².